The van der Waals surface area contributed by atoms with E-state index in [1.165, 1.54) is 24.6 Å². The van der Waals surface area contributed by atoms with Gasteiger partial charge >= 0.3 is 0 Å². The first kappa shape index (κ1) is 14.4. The van der Waals surface area contributed by atoms with Crippen LogP contribution in [0.1, 0.15) is 30.3 Å². The molecule has 1 saturated heterocycles. The Kier molecular flexibility index (Phi) is 4.00. The summed E-state index contributed by atoms with van der Waals surface area (Å²) < 4.78 is 0. The van der Waals surface area contributed by atoms with Crippen LogP contribution in [0.5, 0.6) is 0 Å². The SMILES string of the molecule is CC1CCN(c2ccc(NC(=O)c3cc(=O)[nH][nH]3)cc2)CC1. The molecule has 3 N–H and O–H groups in total. The van der Waals surface area contributed by atoms with E-state index in [0.29, 0.717) is 5.69 Å². The number of hydrogen-bond acceptors (Lipinski definition) is 3. The van der Waals surface area contributed by atoms with Crippen LogP contribution in [0.25, 0.3) is 0 Å². The summed E-state index contributed by atoms with van der Waals surface area (Å²) in [4.78, 5) is 25.3. The van der Waals surface area contributed by atoms with Crippen molar-refractivity contribution in [3.8, 4) is 0 Å². The Morgan fingerprint density at radius 2 is 1.86 bits per heavy atom. The van der Waals surface area contributed by atoms with Crippen LogP contribution < -0.4 is 15.8 Å². The third-order valence-corrected chi connectivity index (χ3v) is 4.11. The van der Waals surface area contributed by atoms with Crippen molar-refractivity contribution in [1.82, 2.24) is 10.2 Å². The Bertz CT molecular complexity index is 693. The summed E-state index contributed by atoms with van der Waals surface area (Å²) in [7, 11) is 0. The molecule has 2 heterocycles. The van der Waals surface area contributed by atoms with E-state index in [0.717, 1.165) is 19.0 Å². The monoisotopic (exact) mass is 300 g/mol. The first-order chi connectivity index (χ1) is 10.6. The quantitative estimate of drug-likeness (QED) is 0.813. The van der Waals surface area contributed by atoms with Gasteiger partial charge in [0.2, 0.25) is 0 Å². The number of H-pyrrole nitrogens is 2. The van der Waals surface area contributed by atoms with E-state index in [9.17, 15) is 9.59 Å². The Labute approximate surface area is 128 Å². The highest BCUT2D eigenvalue weighted by Gasteiger charge is 2.16. The van der Waals surface area contributed by atoms with Crippen LogP contribution in [0, 0.1) is 5.92 Å². The van der Waals surface area contributed by atoms with Gasteiger partial charge in [0.1, 0.15) is 5.69 Å². The van der Waals surface area contributed by atoms with E-state index in [-0.39, 0.29) is 17.2 Å². The van der Waals surface area contributed by atoms with Gasteiger partial charge in [-0.25, -0.2) is 0 Å². The molecule has 0 aliphatic carbocycles. The molecule has 1 amide bonds. The van der Waals surface area contributed by atoms with Gasteiger partial charge in [-0.1, -0.05) is 6.92 Å². The lowest BCUT2D eigenvalue weighted by atomic mass is 9.99. The van der Waals surface area contributed by atoms with Crippen molar-refractivity contribution >= 4 is 17.3 Å². The van der Waals surface area contributed by atoms with E-state index in [4.69, 9.17) is 0 Å². The fraction of sp³-hybridized carbons (Fsp3) is 0.375. The lowest BCUT2D eigenvalue weighted by Gasteiger charge is -2.32. The number of aromatic nitrogens is 2. The van der Waals surface area contributed by atoms with Crippen molar-refractivity contribution in [2.75, 3.05) is 23.3 Å². The molecule has 22 heavy (non-hydrogen) atoms. The molecule has 3 rings (SSSR count). The standard InChI is InChI=1S/C16H20N4O2/c1-11-6-8-20(9-7-11)13-4-2-12(3-5-13)17-16(22)14-10-15(21)19-18-14/h2-5,10-11H,6-9H2,1H3,(H,17,22)(H2,18,19,21). The average Bonchev–Trinajstić information content (AvgIpc) is 2.96. The molecule has 0 atom stereocenters. The maximum Gasteiger partial charge on any atom is 0.273 e. The molecule has 1 fully saturated rings. The summed E-state index contributed by atoms with van der Waals surface area (Å²) in [5.41, 5.74) is 1.79. The molecule has 0 saturated carbocycles. The van der Waals surface area contributed by atoms with Crippen LogP contribution in [-0.2, 0) is 0 Å². The van der Waals surface area contributed by atoms with Crippen molar-refractivity contribution in [3.05, 3.63) is 46.4 Å². The molecule has 2 aromatic rings. The molecule has 1 aliphatic heterocycles. The molecule has 1 aromatic heterocycles. The number of carbonyl (C=O) groups excluding carboxylic acids is 1. The maximum absolute atomic E-state index is 11.9. The summed E-state index contributed by atoms with van der Waals surface area (Å²) in [5.74, 6) is 0.469. The van der Waals surface area contributed by atoms with E-state index in [1.54, 1.807) is 0 Å². The zero-order valence-electron chi connectivity index (χ0n) is 12.6. The second-order valence-corrected chi connectivity index (χ2v) is 5.84. The number of carbonyl (C=O) groups is 1. The van der Waals surface area contributed by atoms with Gasteiger partial charge in [-0.05, 0) is 43.0 Å². The minimum Gasteiger partial charge on any atom is -0.372 e. The smallest absolute Gasteiger partial charge is 0.273 e. The Morgan fingerprint density at radius 3 is 2.45 bits per heavy atom. The Balaban J connectivity index is 1.64. The fourth-order valence-electron chi connectivity index (χ4n) is 2.68. The number of aromatic amines is 2. The highest BCUT2D eigenvalue weighted by atomic mass is 16.2. The summed E-state index contributed by atoms with van der Waals surface area (Å²) in [6, 6.07) is 9.04. The number of hydrogen-bond donors (Lipinski definition) is 3. The number of amides is 1. The number of nitrogens with zero attached hydrogens (tertiary/aromatic N) is 1. The molecular weight excluding hydrogens is 280 g/mol. The molecular formula is C16H20N4O2. The van der Waals surface area contributed by atoms with Gasteiger partial charge in [-0.2, -0.15) is 0 Å². The molecule has 0 spiro atoms. The lowest BCUT2D eigenvalue weighted by Crippen LogP contribution is -2.32. The van der Waals surface area contributed by atoms with Crippen LogP contribution in [0.15, 0.2) is 35.1 Å². The highest BCUT2D eigenvalue weighted by Crippen LogP contribution is 2.24. The highest BCUT2D eigenvalue weighted by molar-refractivity contribution is 6.02. The molecule has 1 aromatic carbocycles. The summed E-state index contributed by atoms with van der Waals surface area (Å²) in [6.07, 6.45) is 2.44. The lowest BCUT2D eigenvalue weighted by molar-refractivity contribution is 0.102. The van der Waals surface area contributed by atoms with Gasteiger partial charge in [0.25, 0.3) is 11.5 Å². The minimum absolute atomic E-state index is 0.221. The number of nitrogens with one attached hydrogen (secondary N) is 3. The summed E-state index contributed by atoms with van der Waals surface area (Å²) >= 11 is 0. The molecule has 116 valence electrons. The second-order valence-electron chi connectivity index (χ2n) is 5.84. The van der Waals surface area contributed by atoms with E-state index >= 15 is 0 Å². The van der Waals surface area contributed by atoms with Crippen molar-refractivity contribution in [2.24, 2.45) is 5.92 Å². The third-order valence-electron chi connectivity index (χ3n) is 4.11. The number of benzene rings is 1. The molecule has 0 unspecified atom stereocenters. The van der Waals surface area contributed by atoms with Crippen molar-refractivity contribution in [2.45, 2.75) is 19.8 Å². The van der Waals surface area contributed by atoms with Crippen molar-refractivity contribution < 1.29 is 4.79 Å². The topological polar surface area (TPSA) is 81.0 Å². The number of piperidine rings is 1. The number of anilines is 2. The van der Waals surface area contributed by atoms with Gasteiger partial charge in [0, 0.05) is 30.5 Å². The minimum atomic E-state index is -0.335. The first-order valence-electron chi connectivity index (χ1n) is 7.56. The molecule has 6 nitrogen and oxygen atoms in total. The first-order valence-corrected chi connectivity index (χ1v) is 7.56. The zero-order valence-corrected chi connectivity index (χ0v) is 12.6. The Hall–Kier alpha value is -2.50. The summed E-state index contributed by atoms with van der Waals surface area (Å²) in [6.45, 7) is 4.45. The van der Waals surface area contributed by atoms with Crippen molar-refractivity contribution in [3.63, 3.8) is 0 Å². The number of rotatable bonds is 3. The van der Waals surface area contributed by atoms with Crippen LogP contribution >= 0.6 is 0 Å². The van der Waals surface area contributed by atoms with Crippen LogP contribution in [-0.4, -0.2) is 29.2 Å². The predicted molar refractivity (Wildman–Crippen MR) is 86.4 cm³/mol. The fourth-order valence-corrected chi connectivity index (χ4v) is 2.68. The Morgan fingerprint density at radius 1 is 1.18 bits per heavy atom. The molecule has 6 heteroatoms. The predicted octanol–water partition coefficient (Wildman–Crippen LogP) is 2.19. The van der Waals surface area contributed by atoms with E-state index in [1.807, 2.05) is 24.3 Å². The van der Waals surface area contributed by atoms with Crippen LogP contribution in [0.3, 0.4) is 0 Å². The second kappa shape index (κ2) is 6.09. The van der Waals surface area contributed by atoms with Gasteiger partial charge in [-0.3, -0.25) is 19.8 Å². The van der Waals surface area contributed by atoms with Gasteiger partial charge < -0.3 is 10.2 Å². The van der Waals surface area contributed by atoms with Crippen LogP contribution in [0.4, 0.5) is 11.4 Å². The third kappa shape index (κ3) is 3.21. The van der Waals surface area contributed by atoms with Crippen LogP contribution in [0.2, 0.25) is 0 Å². The summed E-state index contributed by atoms with van der Waals surface area (Å²) in [5, 5.41) is 7.64. The molecule has 1 aliphatic rings. The van der Waals surface area contributed by atoms with Gasteiger partial charge in [-0.15, -0.1) is 0 Å². The largest absolute Gasteiger partial charge is 0.372 e. The molecule has 0 radical (unpaired) electrons. The maximum atomic E-state index is 11.9. The zero-order chi connectivity index (χ0) is 15.5. The average molecular weight is 300 g/mol. The van der Waals surface area contributed by atoms with E-state index < -0.39 is 0 Å². The molecule has 0 bridgehead atoms. The van der Waals surface area contributed by atoms with Gasteiger partial charge in [0.15, 0.2) is 0 Å². The normalized spacial score (nSPS) is 15.8. The van der Waals surface area contributed by atoms with Crippen molar-refractivity contribution in [1.29, 1.82) is 0 Å². The van der Waals surface area contributed by atoms with Gasteiger partial charge in [0.05, 0.1) is 0 Å². The van der Waals surface area contributed by atoms with E-state index in [2.05, 4.69) is 27.3 Å².